The summed E-state index contributed by atoms with van der Waals surface area (Å²) in [6.45, 7) is 4.81. The normalized spacial score (nSPS) is 45.8. The van der Waals surface area contributed by atoms with E-state index in [0.29, 0.717) is 18.6 Å². The van der Waals surface area contributed by atoms with E-state index in [-0.39, 0.29) is 0 Å². The molecule has 3 atom stereocenters. The molecule has 2 rings (SSSR count). The first kappa shape index (κ1) is 7.50. The first-order valence-corrected chi connectivity index (χ1v) is 4.37. The molecule has 2 saturated heterocycles. The lowest BCUT2D eigenvalue weighted by molar-refractivity contribution is 0.176. The summed E-state index contributed by atoms with van der Waals surface area (Å²) in [5.41, 5.74) is 0. The third-order valence-corrected chi connectivity index (χ3v) is 2.69. The van der Waals surface area contributed by atoms with E-state index in [0.717, 1.165) is 19.5 Å². The van der Waals surface area contributed by atoms with Crippen molar-refractivity contribution in [3.05, 3.63) is 0 Å². The van der Waals surface area contributed by atoms with Gasteiger partial charge in [0.25, 0.3) is 0 Å². The Bertz CT molecular complexity index is 151. The van der Waals surface area contributed by atoms with Crippen molar-refractivity contribution in [3.63, 3.8) is 0 Å². The summed E-state index contributed by atoms with van der Waals surface area (Å²) in [6.07, 6.45) is 0.159. The SMILES string of the molecule is C[C@H]1CN2C[C@@H](F)C[C@H]2CN1. The van der Waals surface area contributed by atoms with Gasteiger partial charge in [-0.2, -0.15) is 0 Å². The van der Waals surface area contributed by atoms with E-state index in [2.05, 4.69) is 17.1 Å². The Morgan fingerprint density at radius 3 is 3.09 bits per heavy atom. The lowest BCUT2D eigenvalue weighted by Crippen LogP contribution is -2.52. The van der Waals surface area contributed by atoms with E-state index in [1.54, 1.807) is 0 Å². The zero-order chi connectivity index (χ0) is 7.84. The van der Waals surface area contributed by atoms with Gasteiger partial charge in [-0.05, 0) is 13.3 Å². The Morgan fingerprint density at radius 2 is 2.27 bits per heavy atom. The number of hydrogen-bond acceptors (Lipinski definition) is 2. The van der Waals surface area contributed by atoms with E-state index >= 15 is 0 Å². The highest BCUT2D eigenvalue weighted by molar-refractivity contribution is 4.92. The maximum atomic E-state index is 12.9. The van der Waals surface area contributed by atoms with Crippen LogP contribution in [0.3, 0.4) is 0 Å². The average Bonchev–Trinajstić information content (AvgIpc) is 2.27. The van der Waals surface area contributed by atoms with E-state index in [9.17, 15) is 4.39 Å². The van der Waals surface area contributed by atoms with Gasteiger partial charge in [0.15, 0.2) is 0 Å². The number of alkyl halides is 1. The highest BCUT2D eigenvalue weighted by Crippen LogP contribution is 2.22. The second-order valence-corrected chi connectivity index (χ2v) is 3.75. The van der Waals surface area contributed by atoms with E-state index in [4.69, 9.17) is 0 Å². The Kier molecular flexibility index (Phi) is 1.85. The van der Waals surface area contributed by atoms with Crippen LogP contribution in [-0.4, -0.2) is 42.8 Å². The number of nitrogens with zero attached hydrogens (tertiary/aromatic N) is 1. The molecule has 2 fully saturated rings. The van der Waals surface area contributed by atoms with Gasteiger partial charge in [0.05, 0.1) is 0 Å². The molecular formula is C8H15FN2. The molecule has 0 aliphatic carbocycles. The number of halogens is 1. The fourth-order valence-electron chi connectivity index (χ4n) is 2.11. The van der Waals surface area contributed by atoms with Crippen molar-refractivity contribution in [2.75, 3.05) is 19.6 Å². The molecule has 0 spiro atoms. The molecule has 2 nitrogen and oxygen atoms in total. The quantitative estimate of drug-likeness (QED) is 0.548. The molecule has 3 heteroatoms. The molecule has 0 saturated carbocycles. The van der Waals surface area contributed by atoms with Gasteiger partial charge in [-0.25, -0.2) is 4.39 Å². The first-order valence-electron chi connectivity index (χ1n) is 4.37. The number of fused-ring (bicyclic) bond motifs is 1. The highest BCUT2D eigenvalue weighted by atomic mass is 19.1. The average molecular weight is 158 g/mol. The zero-order valence-electron chi connectivity index (χ0n) is 6.89. The number of rotatable bonds is 0. The molecule has 1 N–H and O–H groups in total. The Balaban J connectivity index is 1.97. The van der Waals surface area contributed by atoms with Crippen LogP contribution in [0.4, 0.5) is 4.39 Å². The van der Waals surface area contributed by atoms with Crippen molar-refractivity contribution < 1.29 is 4.39 Å². The van der Waals surface area contributed by atoms with Crippen LogP contribution in [0.5, 0.6) is 0 Å². The van der Waals surface area contributed by atoms with Gasteiger partial charge in [-0.1, -0.05) is 0 Å². The number of piperazine rings is 1. The molecule has 0 unspecified atom stereocenters. The van der Waals surface area contributed by atoms with Crippen LogP contribution in [0.25, 0.3) is 0 Å². The summed E-state index contributed by atoms with van der Waals surface area (Å²) in [6, 6.07) is 1.01. The summed E-state index contributed by atoms with van der Waals surface area (Å²) in [4.78, 5) is 2.27. The van der Waals surface area contributed by atoms with Crippen molar-refractivity contribution in [3.8, 4) is 0 Å². The van der Waals surface area contributed by atoms with Crippen LogP contribution in [-0.2, 0) is 0 Å². The highest BCUT2D eigenvalue weighted by Gasteiger charge is 2.35. The fourth-order valence-corrected chi connectivity index (χ4v) is 2.11. The molecular weight excluding hydrogens is 143 g/mol. The lowest BCUT2D eigenvalue weighted by Gasteiger charge is -2.33. The second-order valence-electron chi connectivity index (χ2n) is 3.75. The van der Waals surface area contributed by atoms with Gasteiger partial charge < -0.3 is 5.32 Å². The molecule has 0 amide bonds. The standard InChI is InChI=1S/C8H15FN2/c1-6-4-11-5-7(9)2-8(11)3-10-6/h6-8,10H,2-5H2,1H3/t6-,7-,8-/m0/s1. The van der Waals surface area contributed by atoms with Crippen molar-refractivity contribution in [2.45, 2.75) is 31.6 Å². The van der Waals surface area contributed by atoms with E-state index in [1.165, 1.54) is 0 Å². The first-order chi connectivity index (χ1) is 5.25. The fraction of sp³-hybridized carbons (Fsp3) is 1.00. The van der Waals surface area contributed by atoms with Crippen LogP contribution in [0.15, 0.2) is 0 Å². The minimum Gasteiger partial charge on any atom is -0.311 e. The minimum atomic E-state index is -0.577. The molecule has 2 heterocycles. The van der Waals surface area contributed by atoms with Gasteiger partial charge >= 0.3 is 0 Å². The molecule has 2 aliphatic rings. The van der Waals surface area contributed by atoms with Crippen LogP contribution in [0.2, 0.25) is 0 Å². The summed E-state index contributed by atoms with van der Waals surface area (Å²) in [5, 5.41) is 3.37. The topological polar surface area (TPSA) is 15.3 Å². The van der Waals surface area contributed by atoms with Gasteiger partial charge in [0, 0.05) is 31.7 Å². The maximum absolute atomic E-state index is 12.9. The van der Waals surface area contributed by atoms with Crippen molar-refractivity contribution in [1.29, 1.82) is 0 Å². The molecule has 0 radical (unpaired) electrons. The Labute approximate surface area is 66.8 Å². The van der Waals surface area contributed by atoms with Crippen molar-refractivity contribution in [2.24, 2.45) is 0 Å². The maximum Gasteiger partial charge on any atom is 0.114 e. The monoisotopic (exact) mass is 158 g/mol. The predicted octanol–water partition coefficient (Wildman–Crippen LogP) is 0.390. The summed E-state index contributed by atoms with van der Waals surface area (Å²) in [5.74, 6) is 0. The summed E-state index contributed by atoms with van der Waals surface area (Å²) in [7, 11) is 0. The number of nitrogens with one attached hydrogen (secondary N) is 1. The molecule has 11 heavy (non-hydrogen) atoms. The predicted molar refractivity (Wildman–Crippen MR) is 42.3 cm³/mol. The van der Waals surface area contributed by atoms with E-state index < -0.39 is 6.17 Å². The summed E-state index contributed by atoms with van der Waals surface area (Å²) >= 11 is 0. The van der Waals surface area contributed by atoms with Crippen LogP contribution in [0.1, 0.15) is 13.3 Å². The third-order valence-electron chi connectivity index (χ3n) is 2.69. The van der Waals surface area contributed by atoms with Gasteiger partial charge in [-0.15, -0.1) is 0 Å². The van der Waals surface area contributed by atoms with Crippen molar-refractivity contribution >= 4 is 0 Å². The zero-order valence-corrected chi connectivity index (χ0v) is 6.89. The van der Waals surface area contributed by atoms with E-state index in [1.807, 2.05) is 0 Å². The van der Waals surface area contributed by atoms with Crippen LogP contribution < -0.4 is 5.32 Å². The molecule has 0 aromatic heterocycles. The smallest absolute Gasteiger partial charge is 0.114 e. The molecule has 0 aromatic rings. The number of hydrogen-bond donors (Lipinski definition) is 1. The van der Waals surface area contributed by atoms with Crippen LogP contribution in [0, 0.1) is 0 Å². The lowest BCUT2D eigenvalue weighted by atomic mass is 10.1. The molecule has 2 aliphatic heterocycles. The molecule has 64 valence electrons. The van der Waals surface area contributed by atoms with Gasteiger partial charge in [-0.3, -0.25) is 4.90 Å². The second kappa shape index (κ2) is 2.72. The van der Waals surface area contributed by atoms with Gasteiger partial charge in [0.2, 0.25) is 0 Å². The summed E-state index contributed by atoms with van der Waals surface area (Å²) < 4.78 is 12.9. The largest absolute Gasteiger partial charge is 0.311 e. The Morgan fingerprint density at radius 1 is 1.45 bits per heavy atom. The third kappa shape index (κ3) is 1.40. The van der Waals surface area contributed by atoms with Gasteiger partial charge in [0.1, 0.15) is 6.17 Å². The molecule has 0 bridgehead atoms. The molecule has 0 aromatic carbocycles. The minimum absolute atomic E-state index is 0.473. The Hall–Kier alpha value is -0.150. The van der Waals surface area contributed by atoms with Crippen LogP contribution >= 0.6 is 0 Å². The van der Waals surface area contributed by atoms with Crippen molar-refractivity contribution in [1.82, 2.24) is 10.2 Å².